The maximum atomic E-state index is 12.0. The molecule has 0 aromatic heterocycles. The number of nitrogens with one attached hydrogen (secondary N) is 1. The fraction of sp³-hybridized carbons (Fsp3) is 0.833. The normalized spacial score (nSPS) is 41.0. The van der Waals surface area contributed by atoms with Crippen LogP contribution in [0, 0.1) is 23.7 Å². The van der Waals surface area contributed by atoms with Crippen LogP contribution < -0.4 is 5.32 Å². The van der Waals surface area contributed by atoms with E-state index in [-0.39, 0.29) is 17.7 Å². The van der Waals surface area contributed by atoms with E-state index >= 15 is 0 Å². The van der Waals surface area contributed by atoms with Crippen LogP contribution in [0.2, 0.25) is 0 Å². The molecule has 0 aromatic carbocycles. The second-order valence-electron chi connectivity index (χ2n) is 5.51. The van der Waals surface area contributed by atoms with E-state index < -0.39 is 11.9 Å². The minimum absolute atomic E-state index is 0.00194. The molecule has 88 valence electrons. The molecular formula is C12H17NO3. The number of carbonyl (C=O) groups excluding carboxylic acids is 1. The maximum absolute atomic E-state index is 12.0. The van der Waals surface area contributed by atoms with Gasteiger partial charge in [-0.25, -0.2) is 0 Å². The molecule has 0 radical (unpaired) electrons. The summed E-state index contributed by atoms with van der Waals surface area (Å²) in [6.07, 6.45) is 5.10. The summed E-state index contributed by atoms with van der Waals surface area (Å²) in [5, 5.41) is 12.2. The summed E-state index contributed by atoms with van der Waals surface area (Å²) in [4.78, 5) is 23.3. The van der Waals surface area contributed by atoms with Gasteiger partial charge in [-0.3, -0.25) is 9.59 Å². The number of hydrogen-bond acceptors (Lipinski definition) is 2. The van der Waals surface area contributed by atoms with Crippen LogP contribution in [0.25, 0.3) is 0 Å². The predicted molar refractivity (Wildman–Crippen MR) is 56.6 cm³/mol. The van der Waals surface area contributed by atoms with E-state index in [1.165, 1.54) is 0 Å². The van der Waals surface area contributed by atoms with Gasteiger partial charge in [-0.15, -0.1) is 0 Å². The van der Waals surface area contributed by atoms with Gasteiger partial charge in [0, 0.05) is 6.04 Å². The summed E-state index contributed by atoms with van der Waals surface area (Å²) in [5.41, 5.74) is 0. The van der Waals surface area contributed by atoms with Crippen molar-refractivity contribution in [2.75, 3.05) is 0 Å². The number of rotatable bonds is 3. The molecule has 4 heteroatoms. The van der Waals surface area contributed by atoms with Crippen molar-refractivity contribution in [3.8, 4) is 0 Å². The van der Waals surface area contributed by atoms with Crippen molar-refractivity contribution in [3.05, 3.63) is 0 Å². The van der Waals surface area contributed by atoms with Crippen molar-refractivity contribution in [2.24, 2.45) is 23.7 Å². The van der Waals surface area contributed by atoms with Gasteiger partial charge in [0.2, 0.25) is 5.91 Å². The molecule has 0 spiro atoms. The first-order chi connectivity index (χ1) is 7.66. The highest BCUT2D eigenvalue weighted by molar-refractivity contribution is 5.86. The highest BCUT2D eigenvalue weighted by atomic mass is 16.4. The zero-order valence-electron chi connectivity index (χ0n) is 9.19. The average Bonchev–Trinajstić information content (AvgIpc) is 2.81. The van der Waals surface area contributed by atoms with Crippen LogP contribution in [0.5, 0.6) is 0 Å². The van der Waals surface area contributed by atoms with E-state index in [0.29, 0.717) is 12.0 Å². The van der Waals surface area contributed by atoms with Crippen molar-refractivity contribution >= 4 is 11.9 Å². The summed E-state index contributed by atoms with van der Waals surface area (Å²) in [7, 11) is 0. The zero-order chi connectivity index (χ0) is 11.3. The van der Waals surface area contributed by atoms with Gasteiger partial charge in [0.05, 0.1) is 11.8 Å². The Bertz CT molecular complexity index is 337. The molecular weight excluding hydrogens is 206 g/mol. The van der Waals surface area contributed by atoms with Gasteiger partial charge in [-0.2, -0.15) is 0 Å². The second kappa shape index (κ2) is 3.47. The quantitative estimate of drug-likeness (QED) is 0.750. The van der Waals surface area contributed by atoms with E-state index in [2.05, 4.69) is 5.32 Å². The predicted octanol–water partition coefficient (Wildman–Crippen LogP) is 1.01. The third kappa shape index (κ3) is 1.51. The SMILES string of the molecule is O=C(NC1CC1)[C@@H]1[C@@H]2CC[C@@H](C2)[C@@H]1C(=O)O. The molecule has 3 aliphatic carbocycles. The van der Waals surface area contributed by atoms with Crippen molar-refractivity contribution in [2.45, 2.75) is 38.1 Å². The Morgan fingerprint density at radius 3 is 2.19 bits per heavy atom. The van der Waals surface area contributed by atoms with Gasteiger partial charge >= 0.3 is 5.97 Å². The first kappa shape index (κ1) is 10.1. The fourth-order valence-corrected chi connectivity index (χ4v) is 3.55. The molecule has 2 N–H and O–H groups in total. The molecule has 3 saturated carbocycles. The first-order valence-electron chi connectivity index (χ1n) is 6.20. The lowest BCUT2D eigenvalue weighted by Crippen LogP contribution is -2.42. The lowest BCUT2D eigenvalue weighted by atomic mass is 9.78. The molecule has 0 saturated heterocycles. The van der Waals surface area contributed by atoms with E-state index in [0.717, 1.165) is 32.1 Å². The van der Waals surface area contributed by atoms with Crippen molar-refractivity contribution in [3.63, 3.8) is 0 Å². The number of fused-ring (bicyclic) bond motifs is 2. The summed E-state index contributed by atoms with van der Waals surface area (Å²) in [6.45, 7) is 0. The molecule has 0 unspecified atom stereocenters. The highest BCUT2D eigenvalue weighted by Crippen LogP contribution is 2.52. The first-order valence-corrected chi connectivity index (χ1v) is 6.20. The second-order valence-corrected chi connectivity index (χ2v) is 5.51. The topological polar surface area (TPSA) is 66.4 Å². The lowest BCUT2D eigenvalue weighted by molar-refractivity contribution is -0.149. The molecule has 2 bridgehead atoms. The third-order valence-electron chi connectivity index (χ3n) is 4.43. The molecule has 3 fully saturated rings. The Morgan fingerprint density at radius 1 is 1.00 bits per heavy atom. The fourth-order valence-electron chi connectivity index (χ4n) is 3.55. The summed E-state index contributed by atoms with van der Waals surface area (Å²) in [5.74, 6) is -0.873. The van der Waals surface area contributed by atoms with E-state index in [1.807, 2.05) is 0 Å². The molecule has 0 aromatic rings. The summed E-state index contributed by atoms with van der Waals surface area (Å²) in [6, 6.07) is 0.334. The molecule has 3 aliphatic rings. The standard InChI is InChI=1S/C12H17NO3/c14-11(13-8-3-4-8)9-6-1-2-7(5-6)10(9)12(15)16/h6-10H,1-5H2,(H,13,14)(H,15,16)/t6-,7+,9-,10+/m1/s1. The molecule has 16 heavy (non-hydrogen) atoms. The monoisotopic (exact) mass is 223 g/mol. The van der Waals surface area contributed by atoms with E-state index in [4.69, 9.17) is 0 Å². The van der Waals surface area contributed by atoms with Crippen LogP contribution in [-0.2, 0) is 9.59 Å². The number of carboxylic acids is 1. The number of hydrogen-bond donors (Lipinski definition) is 2. The van der Waals surface area contributed by atoms with Crippen LogP contribution >= 0.6 is 0 Å². The largest absolute Gasteiger partial charge is 0.481 e. The number of amides is 1. The Hall–Kier alpha value is -1.06. The Labute approximate surface area is 94.4 Å². The van der Waals surface area contributed by atoms with Crippen molar-refractivity contribution < 1.29 is 14.7 Å². The van der Waals surface area contributed by atoms with E-state index in [1.54, 1.807) is 0 Å². The lowest BCUT2D eigenvalue weighted by Gasteiger charge is -2.27. The maximum Gasteiger partial charge on any atom is 0.307 e. The van der Waals surface area contributed by atoms with E-state index in [9.17, 15) is 14.7 Å². The smallest absolute Gasteiger partial charge is 0.307 e. The summed E-state index contributed by atoms with van der Waals surface area (Å²) < 4.78 is 0. The third-order valence-corrected chi connectivity index (χ3v) is 4.43. The Kier molecular flexibility index (Phi) is 2.19. The van der Waals surface area contributed by atoms with Crippen LogP contribution in [0.1, 0.15) is 32.1 Å². The number of aliphatic carboxylic acids is 1. The van der Waals surface area contributed by atoms with Crippen LogP contribution in [0.4, 0.5) is 0 Å². The summed E-state index contributed by atoms with van der Waals surface area (Å²) >= 11 is 0. The van der Waals surface area contributed by atoms with Crippen molar-refractivity contribution in [1.29, 1.82) is 0 Å². The molecule has 0 aliphatic heterocycles. The van der Waals surface area contributed by atoms with Gasteiger partial charge in [0.15, 0.2) is 0 Å². The van der Waals surface area contributed by atoms with Crippen LogP contribution in [-0.4, -0.2) is 23.0 Å². The van der Waals surface area contributed by atoms with Crippen LogP contribution in [0.15, 0.2) is 0 Å². The minimum Gasteiger partial charge on any atom is -0.481 e. The van der Waals surface area contributed by atoms with Gasteiger partial charge in [0.25, 0.3) is 0 Å². The minimum atomic E-state index is -0.775. The molecule has 4 atom stereocenters. The molecule has 0 heterocycles. The number of carbonyl (C=O) groups is 2. The van der Waals surface area contributed by atoms with Gasteiger partial charge < -0.3 is 10.4 Å². The molecule has 1 amide bonds. The number of carboxylic acid groups (broad SMARTS) is 1. The zero-order valence-corrected chi connectivity index (χ0v) is 9.19. The Morgan fingerprint density at radius 2 is 1.62 bits per heavy atom. The molecule has 4 nitrogen and oxygen atoms in total. The van der Waals surface area contributed by atoms with Gasteiger partial charge in [-0.1, -0.05) is 0 Å². The molecule has 3 rings (SSSR count). The van der Waals surface area contributed by atoms with Crippen molar-refractivity contribution in [1.82, 2.24) is 5.32 Å². The van der Waals surface area contributed by atoms with Gasteiger partial charge in [0.1, 0.15) is 0 Å². The highest BCUT2D eigenvalue weighted by Gasteiger charge is 2.54. The van der Waals surface area contributed by atoms with Crippen LogP contribution in [0.3, 0.4) is 0 Å². The average molecular weight is 223 g/mol. The van der Waals surface area contributed by atoms with Gasteiger partial charge in [-0.05, 0) is 43.9 Å². The Balaban J connectivity index is 1.75.